The molecule has 3 heterocycles. The number of benzene rings is 1. The van der Waals surface area contributed by atoms with Crippen LogP contribution in [-0.4, -0.2) is 65.3 Å². The normalized spacial score (nSPS) is 34.0. The number of likely N-dealkylation sites (tertiary alicyclic amines) is 1. The van der Waals surface area contributed by atoms with Crippen LogP contribution in [0.5, 0.6) is 0 Å². The average Bonchev–Trinajstić information content (AvgIpc) is 3.66. The van der Waals surface area contributed by atoms with Crippen molar-refractivity contribution in [1.29, 1.82) is 0 Å². The molecule has 6 atom stereocenters. The fourth-order valence-electron chi connectivity index (χ4n) is 7.72. The molecule has 0 radical (unpaired) electrons. The van der Waals surface area contributed by atoms with E-state index in [0.717, 1.165) is 51.4 Å². The summed E-state index contributed by atoms with van der Waals surface area (Å²) in [6, 6.07) is 8.52. The number of halogens is 1. The van der Waals surface area contributed by atoms with Gasteiger partial charge in [0.25, 0.3) is 0 Å². The minimum absolute atomic E-state index is 0. The van der Waals surface area contributed by atoms with Gasteiger partial charge >= 0.3 is 0 Å². The monoisotopic (exact) mass is 526 g/mol. The lowest BCUT2D eigenvalue weighted by Crippen LogP contribution is -2.49. The molecule has 3 aliphatic carbocycles. The highest BCUT2D eigenvalue weighted by Crippen LogP contribution is 2.52. The number of nitrogens with zero attached hydrogens (tertiary/aromatic N) is 4. The molecule has 36 heavy (non-hydrogen) atoms. The molecule has 0 N–H and O–H groups in total. The number of carbonyl (C=O) groups excluding carboxylic acids is 2. The molecular formula is C28H35ClN4O2S. The second-order valence-corrected chi connectivity index (χ2v) is 12.2. The molecule has 1 aromatic carbocycles. The Morgan fingerprint density at radius 2 is 1.50 bits per heavy atom. The molecule has 2 saturated heterocycles. The van der Waals surface area contributed by atoms with Gasteiger partial charge in [0.05, 0.1) is 16.5 Å². The summed E-state index contributed by atoms with van der Waals surface area (Å²) in [5.74, 6) is 2.91. The highest BCUT2D eigenvalue weighted by molar-refractivity contribution is 7.13. The van der Waals surface area contributed by atoms with E-state index < -0.39 is 0 Å². The van der Waals surface area contributed by atoms with E-state index in [-0.39, 0.29) is 36.1 Å². The Kier molecular flexibility index (Phi) is 6.59. The van der Waals surface area contributed by atoms with Gasteiger partial charge in [0.15, 0.2) is 0 Å². The Balaban J connectivity index is 0.00000240. The summed E-state index contributed by atoms with van der Waals surface area (Å²) in [5, 5.41) is 1.27. The quantitative estimate of drug-likeness (QED) is 0.425. The van der Waals surface area contributed by atoms with Crippen LogP contribution in [0, 0.1) is 35.5 Å². The Morgan fingerprint density at radius 3 is 2.19 bits per heavy atom. The SMILES string of the molecule is Cl.O=C1[C@@H]2[C@H](C(=O)N1C[C@@H]1CCCC[C@H]1CN1CCN(c3nsc4ccccc34)CC1)[C@H]1C=C[C@@H]2C1. The fraction of sp³-hybridized carbons (Fsp3) is 0.607. The number of fused-ring (bicyclic) bond motifs is 6. The number of allylic oxidation sites excluding steroid dienone is 2. The highest BCUT2D eigenvalue weighted by atomic mass is 35.5. The van der Waals surface area contributed by atoms with Crippen LogP contribution in [-0.2, 0) is 9.59 Å². The Morgan fingerprint density at radius 1 is 0.861 bits per heavy atom. The Bertz CT molecular complexity index is 1150. The number of amides is 2. The van der Waals surface area contributed by atoms with E-state index >= 15 is 0 Å². The average molecular weight is 527 g/mol. The van der Waals surface area contributed by atoms with Crippen LogP contribution in [0.4, 0.5) is 5.82 Å². The lowest BCUT2D eigenvalue weighted by Gasteiger charge is -2.40. The number of aromatic nitrogens is 1. The molecule has 0 spiro atoms. The summed E-state index contributed by atoms with van der Waals surface area (Å²) in [7, 11) is 0. The zero-order chi connectivity index (χ0) is 23.5. The Labute approximate surface area is 223 Å². The molecule has 0 unspecified atom stereocenters. The van der Waals surface area contributed by atoms with E-state index in [1.807, 2.05) is 0 Å². The summed E-state index contributed by atoms with van der Waals surface area (Å²) in [5.41, 5.74) is 0. The molecule has 6 nitrogen and oxygen atoms in total. The van der Waals surface area contributed by atoms with Crippen LogP contribution in [0.2, 0.25) is 0 Å². The van der Waals surface area contributed by atoms with Gasteiger partial charge in [0.2, 0.25) is 11.8 Å². The van der Waals surface area contributed by atoms with Gasteiger partial charge in [-0.2, -0.15) is 4.37 Å². The van der Waals surface area contributed by atoms with Crippen molar-refractivity contribution in [3.63, 3.8) is 0 Å². The van der Waals surface area contributed by atoms with Crippen molar-refractivity contribution in [2.24, 2.45) is 35.5 Å². The second-order valence-electron chi connectivity index (χ2n) is 11.4. The molecule has 2 saturated carbocycles. The van der Waals surface area contributed by atoms with Gasteiger partial charge in [-0.15, -0.1) is 12.4 Å². The standard InChI is InChI=1S/C28H34N4O2S.ClH/c33-27-24-18-9-10-19(15-18)25(24)28(34)32(27)17-21-6-2-1-5-20(21)16-30-11-13-31(14-12-30)26-22-7-3-4-8-23(22)35-29-26;/h3-4,7-10,18-21,24-25H,1-2,5-6,11-17H2;1H/t18-,19+,20-,21-,24+,25-;/m0./s1. The third kappa shape index (κ3) is 3.98. The summed E-state index contributed by atoms with van der Waals surface area (Å²) < 4.78 is 6.02. The molecule has 4 fully saturated rings. The molecule has 1 aromatic heterocycles. The van der Waals surface area contributed by atoms with Crippen molar-refractivity contribution in [2.45, 2.75) is 32.1 Å². The van der Waals surface area contributed by atoms with Crippen molar-refractivity contribution in [1.82, 2.24) is 14.2 Å². The van der Waals surface area contributed by atoms with Gasteiger partial charge in [-0.05, 0) is 66.6 Å². The largest absolute Gasteiger partial charge is 0.353 e. The van der Waals surface area contributed by atoms with E-state index in [0.29, 0.717) is 30.2 Å². The molecule has 5 aliphatic rings. The van der Waals surface area contributed by atoms with Gasteiger partial charge in [0, 0.05) is 44.7 Å². The lowest BCUT2D eigenvalue weighted by molar-refractivity contribution is -0.142. The fourth-order valence-corrected chi connectivity index (χ4v) is 8.51. The number of piperazine rings is 1. The van der Waals surface area contributed by atoms with E-state index in [1.165, 1.54) is 29.3 Å². The minimum atomic E-state index is -0.0607. The first-order chi connectivity index (χ1) is 17.2. The molecule has 192 valence electrons. The maximum atomic E-state index is 13.2. The van der Waals surface area contributed by atoms with Crippen molar-refractivity contribution in [3.05, 3.63) is 36.4 Å². The van der Waals surface area contributed by atoms with E-state index in [2.05, 4.69) is 46.2 Å². The van der Waals surface area contributed by atoms with Gasteiger partial charge in [-0.3, -0.25) is 19.4 Å². The zero-order valence-corrected chi connectivity index (χ0v) is 22.3. The predicted molar refractivity (Wildman–Crippen MR) is 145 cm³/mol. The first kappa shape index (κ1) is 24.4. The summed E-state index contributed by atoms with van der Waals surface area (Å²) in [6.45, 7) is 5.86. The van der Waals surface area contributed by atoms with Crippen LogP contribution in [0.25, 0.3) is 10.1 Å². The number of carbonyl (C=O) groups is 2. The number of hydrogen-bond acceptors (Lipinski definition) is 6. The number of imide groups is 1. The van der Waals surface area contributed by atoms with Gasteiger partial charge < -0.3 is 4.90 Å². The maximum absolute atomic E-state index is 13.2. The third-order valence-electron chi connectivity index (χ3n) is 9.57. The van der Waals surface area contributed by atoms with Crippen LogP contribution in [0.15, 0.2) is 36.4 Å². The highest BCUT2D eigenvalue weighted by Gasteiger charge is 2.59. The number of rotatable bonds is 5. The number of hydrogen-bond donors (Lipinski definition) is 0. The van der Waals surface area contributed by atoms with Crippen LogP contribution in [0.3, 0.4) is 0 Å². The van der Waals surface area contributed by atoms with Gasteiger partial charge in [0.1, 0.15) is 5.82 Å². The third-order valence-corrected chi connectivity index (χ3v) is 10.4. The molecule has 7 rings (SSSR count). The smallest absolute Gasteiger partial charge is 0.233 e. The second kappa shape index (κ2) is 9.73. The van der Waals surface area contributed by atoms with Crippen molar-refractivity contribution < 1.29 is 9.59 Å². The maximum Gasteiger partial charge on any atom is 0.233 e. The first-order valence-electron chi connectivity index (χ1n) is 13.5. The molecule has 8 heteroatoms. The van der Waals surface area contributed by atoms with Crippen molar-refractivity contribution in [2.75, 3.05) is 44.2 Å². The van der Waals surface area contributed by atoms with E-state index in [1.54, 1.807) is 16.4 Å². The summed E-state index contributed by atoms with van der Waals surface area (Å²) >= 11 is 1.59. The zero-order valence-electron chi connectivity index (χ0n) is 20.6. The molecular weight excluding hydrogens is 492 g/mol. The summed E-state index contributed by atoms with van der Waals surface area (Å²) in [4.78, 5) is 33.2. The molecule has 2 bridgehead atoms. The topological polar surface area (TPSA) is 56.8 Å². The number of anilines is 1. The molecule has 2 aromatic rings. The molecule has 2 aliphatic heterocycles. The summed E-state index contributed by atoms with van der Waals surface area (Å²) in [6.07, 6.45) is 10.3. The van der Waals surface area contributed by atoms with Gasteiger partial charge in [-0.1, -0.05) is 37.1 Å². The van der Waals surface area contributed by atoms with Gasteiger partial charge in [-0.25, -0.2) is 0 Å². The first-order valence-corrected chi connectivity index (χ1v) is 14.3. The van der Waals surface area contributed by atoms with E-state index in [4.69, 9.17) is 4.37 Å². The van der Waals surface area contributed by atoms with Crippen molar-refractivity contribution >= 4 is 51.7 Å². The van der Waals surface area contributed by atoms with Crippen LogP contribution < -0.4 is 4.90 Å². The molecule has 2 amide bonds. The van der Waals surface area contributed by atoms with Crippen molar-refractivity contribution in [3.8, 4) is 0 Å². The van der Waals surface area contributed by atoms with E-state index in [9.17, 15) is 9.59 Å². The predicted octanol–water partition coefficient (Wildman–Crippen LogP) is 4.45. The minimum Gasteiger partial charge on any atom is -0.353 e. The van der Waals surface area contributed by atoms with Crippen LogP contribution >= 0.6 is 23.9 Å². The Hall–Kier alpha value is -1.96. The lowest BCUT2D eigenvalue weighted by atomic mass is 9.78. The van der Waals surface area contributed by atoms with Crippen LogP contribution in [0.1, 0.15) is 32.1 Å².